The number of nitrogens with one attached hydrogen (secondary N) is 1. The van der Waals surface area contributed by atoms with Gasteiger partial charge in [0.2, 0.25) is 5.95 Å². The summed E-state index contributed by atoms with van der Waals surface area (Å²) in [4.78, 5) is 26.5. The van der Waals surface area contributed by atoms with E-state index < -0.39 is 24.0 Å². The number of H-pyrrole nitrogens is 1. The number of aromatic nitrogens is 3. The maximum Gasteiger partial charge on any atom is 0.262 e. The molecule has 0 aliphatic carbocycles. The Morgan fingerprint density at radius 3 is 2.19 bits per heavy atom. The smallest absolute Gasteiger partial charge is 0.262 e. The molecule has 1 aliphatic heterocycles. The quantitative estimate of drug-likeness (QED) is 0.107. The minimum absolute atomic E-state index is 0.0462. The second-order valence-corrected chi connectivity index (χ2v) is 11.7. The molecule has 2 aromatic heterocycles. The van der Waals surface area contributed by atoms with E-state index in [0.29, 0.717) is 28.1 Å². The fraction of sp³-hybridized carbons (Fsp3) is 0.270. The molecule has 48 heavy (non-hydrogen) atoms. The highest BCUT2D eigenvalue weighted by atomic mass is 16.6. The molecule has 0 amide bonds. The number of aliphatic hydroxyl groups excluding tert-OH is 1. The number of hydrogen-bond acceptors (Lipinski definition) is 8. The minimum Gasteiger partial charge on any atom is -0.497 e. The van der Waals surface area contributed by atoms with E-state index in [4.69, 9.17) is 18.9 Å². The topological polar surface area (TPSA) is 123 Å². The first kappa shape index (κ1) is 32.7. The Morgan fingerprint density at radius 2 is 1.62 bits per heavy atom. The van der Waals surface area contributed by atoms with Gasteiger partial charge in [-0.15, -0.1) is 0 Å². The van der Waals surface area contributed by atoms with Crippen LogP contribution in [0.3, 0.4) is 0 Å². The lowest BCUT2D eigenvalue weighted by Crippen LogP contribution is -2.38. The summed E-state index contributed by atoms with van der Waals surface area (Å²) < 4.78 is 26.2. The molecule has 1 saturated heterocycles. The zero-order valence-corrected chi connectivity index (χ0v) is 27.4. The zero-order valence-electron chi connectivity index (χ0n) is 27.4. The molecule has 2 N–H and O–H groups in total. The van der Waals surface area contributed by atoms with E-state index in [0.717, 1.165) is 16.7 Å². The van der Waals surface area contributed by atoms with Crippen molar-refractivity contribution in [2.75, 3.05) is 34.9 Å². The van der Waals surface area contributed by atoms with E-state index in [1.165, 1.54) is 0 Å². The van der Waals surface area contributed by atoms with Gasteiger partial charge in [0.25, 0.3) is 5.56 Å². The summed E-state index contributed by atoms with van der Waals surface area (Å²) >= 11 is 0. The number of rotatable bonds is 12. The van der Waals surface area contributed by atoms with Crippen LogP contribution >= 0.6 is 0 Å². The van der Waals surface area contributed by atoms with Crippen LogP contribution in [0, 0.1) is 0 Å². The third-order valence-electron chi connectivity index (χ3n) is 8.48. The highest BCUT2D eigenvalue weighted by Gasteiger charge is 2.42. The van der Waals surface area contributed by atoms with Gasteiger partial charge in [-0.3, -0.25) is 9.78 Å². The van der Waals surface area contributed by atoms with Crippen LogP contribution in [0.1, 0.15) is 34.9 Å². The third-order valence-corrected chi connectivity index (χ3v) is 8.48. The number of ether oxygens (including phenoxy) is 4. The molecule has 3 heterocycles. The second-order valence-electron chi connectivity index (χ2n) is 11.7. The molecule has 0 radical (unpaired) electrons. The van der Waals surface area contributed by atoms with E-state index >= 15 is 0 Å². The Hall–Kier alpha value is -5.23. The molecule has 11 heteroatoms. The van der Waals surface area contributed by atoms with E-state index in [1.54, 1.807) is 42.3 Å². The summed E-state index contributed by atoms with van der Waals surface area (Å²) in [6.07, 6.45) is 2.98. The summed E-state index contributed by atoms with van der Waals surface area (Å²) in [6, 6.07) is 25.5. The van der Waals surface area contributed by atoms with Crippen molar-refractivity contribution >= 4 is 29.4 Å². The van der Waals surface area contributed by atoms with Crippen LogP contribution in [0.25, 0.3) is 17.1 Å². The molecule has 11 nitrogen and oxygen atoms in total. The van der Waals surface area contributed by atoms with E-state index in [1.807, 2.05) is 93.0 Å². The Morgan fingerprint density at radius 1 is 1.02 bits per heavy atom. The molecule has 3 atom stereocenters. The van der Waals surface area contributed by atoms with Gasteiger partial charge in [0.05, 0.1) is 38.7 Å². The highest BCUT2D eigenvalue weighted by Crippen LogP contribution is 2.43. The number of benzene rings is 3. The number of hydrogen-bond donors (Lipinski definition) is 2. The number of aromatic amines is 1. The lowest BCUT2D eigenvalue weighted by Gasteiger charge is -2.37. The van der Waals surface area contributed by atoms with Crippen molar-refractivity contribution in [1.82, 2.24) is 19.4 Å². The van der Waals surface area contributed by atoms with Crippen molar-refractivity contribution in [1.29, 1.82) is 0 Å². The number of methoxy groups -OCH3 is 2. The van der Waals surface area contributed by atoms with Crippen LogP contribution in [0.5, 0.6) is 11.5 Å². The predicted molar refractivity (Wildman–Crippen MR) is 185 cm³/mol. The average molecular weight is 650 g/mol. The zero-order chi connectivity index (χ0) is 33.8. The van der Waals surface area contributed by atoms with Gasteiger partial charge < -0.3 is 33.5 Å². The first-order chi connectivity index (χ1) is 23.3. The van der Waals surface area contributed by atoms with Crippen LogP contribution in [-0.4, -0.2) is 78.0 Å². The highest BCUT2D eigenvalue weighted by molar-refractivity contribution is 5.86. The lowest BCUT2D eigenvalue weighted by molar-refractivity contribution is -0.0930. The average Bonchev–Trinajstić information content (AvgIpc) is 3.68. The first-order valence-corrected chi connectivity index (χ1v) is 15.6. The van der Waals surface area contributed by atoms with Crippen molar-refractivity contribution in [3.63, 3.8) is 0 Å². The standard InChI is InChI=1S/C37H39N5O6/c1-6-24-21-42(34-33(24)35(44)40-36(39-34)38-23-41(2)3)32-20-30(43)31(48-32)22-47-37(25-10-8-7-9-11-25,26-12-16-28(45-4)17-13-26)27-14-18-29(46-5)19-15-27/h6-19,21,23,30-32,43H,1,20,22H2,2-5H3,(H,39,40,44)/b38-23+/t30-,31+,32+/m0/s1. The van der Waals surface area contributed by atoms with Crippen molar-refractivity contribution in [3.8, 4) is 11.5 Å². The van der Waals surface area contributed by atoms with Crippen molar-refractivity contribution in [2.45, 2.75) is 30.5 Å². The number of nitrogens with zero attached hydrogens (tertiary/aromatic N) is 4. The monoisotopic (exact) mass is 649 g/mol. The van der Waals surface area contributed by atoms with E-state index in [-0.39, 0.29) is 24.5 Å². The molecular weight excluding hydrogens is 610 g/mol. The molecular formula is C37H39N5O6. The number of aliphatic hydroxyl groups is 1. The second kappa shape index (κ2) is 13.9. The van der Waals surface area contributed by atoms with Gasteiger partial charge in [-0.25, -0.2) is 4.99 Å². The number of fused-ring (bicyclic) bond motifs is 1. The number of aliphatic imine (C=N–C) groups is 1. The van der Waals surface area contributed by atoms with E-state index in [9.17, 15) is 9.90 Å². The summed E-state index contributed by atoms with van der Waals surface area (Å²) in [5.74, 6) is 1.59. The maximum absolute atomic E-state index is 13.1. The molecule has 0 unspecified atom stereocenters. The van der Waals surface area contributed by atoms with Gasteiger partial charge in [0, 0.05) is 32.3 Å². The Labute approximate surface area is 278 Å². The molecule has 1 fully saturated rings. The largest absolute Gasteiger partial charge is 0.497 e. The molecule has 0 saturated carbocycles. The predicted octanol–water partition coefficient (Wildman–Crippen LogP) is 5.26. The van der Waals surface area contributed by atoms with Crippen molar-refractivity contribution < 1.29 is 24.1 Å². The molecule has 6 rings (SSSR count). The van der Waals surface area contributed by atoms with Gasteiger partial charge in [0.1, 0.15) is 29.4 Å². The summed E-state index contributed by atoms with van der Waals surface area (Å²) in [7, 11) is 6.91. The fourth-order valence-corrected chi connectivity index (χ4v) is 6.10. The molecule has 0 bridgehead atoms. The SMILES string of the molecule is C=Cc1cn([C@H]2C[C@H](O)[C@@H](COC(c3ccccc3)(c3ccc(OC)cc3)c3ccc(OC)cc3)O2)c2nc(/N=C/N(C)C)[nH]c(=O)c12. The third kappa shape index (κ3) is 6.23. The van der Waals surface area contributed by atoms with Gasteiger partial charge in [-0.1, -0.05) is 67.3 Å². The first-order valence-electron chi connectivity index (χ1n) is 15.6. The molecule has 5 aromatic rings. The molecule has 0 spiro atoms. The van der Waals surface area contributed by atoms with Gasteiger partial charge in [-0.2, -0.15) is 4.98 Å². The lowest BCUT2D eigenvalue weighted by atomic mass is 9.80. The Bertz CT molecular complexity index is 1900. The minimum atomic E-state index is -1.08. The Balaban J connectivity index is 1.37. The van der Waals surface area contributed by atoms with Crippen LogP contribution in [0.15, 0.2) is 101 Å². The molecule has 3 aromatic carbocycles. The summed E-state index contributed by atoms with van der Waals surface area (Å²) in [5.41, 5.74) is 2.19. The van der Waals surface area contributed by atoms with Crippen LogP contribution in [0.2, 0.25) is 0 Å². The normalized spacial score (nSPS) is 18.0. The van der Waals surface area contributed by atoms with Gasteiger partial charge in [-0.05, 0) is 41.0 Å². The van der Waals surface area contributed by atoms with Crippen molar-refractivity contribution in [3.05, 3.63) is 124 Å². The fourth-order valence-electron chi connectivity index (χ4n) is 6.10. The van der Waals surface area contributed by atoms with E-state index in [2.05, 4.69) is 21.5 Å². The Kier molecular flexibility index (Phi) is 9.44. The molecule has 248 valence electrons. The van der Waals surface area contributed by atoms with Crippen LogP contribution in [0.4, 0.5) is 5.95 Å². The molecule has 1 aliphatic rings. The van der Waals surface area contributed by atoms with Gasteiger partial charge in [0.15, 0.2) is 5.65 Å². The van der Waals surface area contributed by atoms with Gasteiger partial charge >= 0.3 is 0 Å². The maximum atomic E-state index is 13.1. The van der Waals surface area contributed by atoms with Crippen LogP contribution in [-0.2, 0) is 15.1 Å². The van der Waals surface area contributed by atoms with Crippen molar-refractivity contribution in [2.24, 2.45) is 4.99 Å². The van der Waals surface area contributed by atoms with Crippen LogP contribution < -0.4 is 15.0 Å². The summed E-state index contributed by atoms with van der Waals surface area (Å²) in [6.45, 7) is 3.93. The summed E-state index contributed by atoms with van der Waals surface area (Å²) in [5, 5.41) is 11.7.